The molecule has 0 saturated carbocycles. The third kappa shape index (κ3) is 3.36. The molecule has 0 amide bonds. The van der Waals surface area contributed by atoms with Crippen LogP contribution < -0.4 is 5.73 Å². The molecule has 0 saturated heterocycles. The number of nitrogen functional groups attached to an aromatic ring is 1. The molecule has 6 nitrogen and oxygen atoms in total. The first kappa shape index (κ1) is 13.2. The fraction of sp³-hybridized carbons (Fsp3) is 0. The van der Waals surface area contributed by atoms with Crippen LogP contribution in [0.4, 0.5) is 17.1 Å². The first-order valence-corrected chi connectivity index (χ1v) is 6.74. The molecule has 2 rings (SSSR count). The molecule has 0 radical (unpaired) electrons. The van der Waals surface area contributed by atoms with E-state index in [-0.39, 0.29) is 16.3 Å². The number of azo groups is 1. The normalized spacial score (nSPS) is 11.8. The maximum atomic E-state index is 11.2. The fourth-order valence-electron chi connectivity index (χ4n) is 1.43. The Morgan fingerprint density at radius 2 is 1.68 bits per heavy atom. The van der Waals surface area contributed by atoms with Gasteiger partial charge in [0.25, 0.3) is 10.1 Å². The highest BCUT2D eigenvalue weighted by molar-refractivity contribution is 7.86. The topological polar surface area (TPSA) is 105 Å². The van der Waals surface area contributed by atoms with Gasteiger partial charge in [-0.3, -0.25) is 4.55 Å². The first-order chi connectivity index (χ1) is 8.97. The minimum atomic E-state index is -4.39. The van der Waals surface area contributed by atoms with Crippen LogP contribution in [0.2, 0.25) is 0 Å². The van der Waals surface area contributed by atoms with E-state index in [1.54, 1.807) is 24.3 Å². The molecule has 3 N–H and O–H groups in total. The van der Waals surface area contributed by atoms with Crippen LogP contribution >= 0.6 is 0 Å². The van der Waals surface area contributed by atoms with Crippen LogP contribution in [0.3, 0.4) is 0 Å². The lowest BCUT2D eigenvalue weighted by atomic mass is 10.3. The summed E-state index contributed by atoms with van der Waals surface area (Å²) in [4.78, 5) is -0.368. The molecule has 0 aliphatic heterocycles. The van der Waals surface area contributed by atoms with Crippen molar-refractivity contribution >= 4 is 27.2 Å². The maximum Gasteiger partial charge on any atom is 0.296 e. The van der Waals surface area contributed by atoms with Crippen molar-refractivity contribution < 1.29 is 13.0 Å². The zero-order valence-corrected chi connectivity index (χ0v) is 10.6. The van der Waals surface area contributed by atoms with Crippen LogP contribution in [0.25, 0.3) is 0 Å². The molecule has 98 valence electrons. The van der Waals surface area contributed by atoms with Gasteiger partial charge in [-0.05, 0) is 30.3 Å². The quantitative estimate of drug-likeness (QED) is 0.511. The third-order valence-electron chi connectivity index (χ3n) is 2.29. The van der Waals surface area contributed by atoms with E-state index in [0.29, 0.717) is 5.69 Å². The number of anilines is 1. The molecule has 0 fully saturated rings. The predicted molar refractivity (Wildman–Crippen MR) is 71.3 cm³/mol. The molecule has 0 aromatic heterocycles. The first-order valence-electron chi connectivity index (χ1n) is 5.30. The smallest absolute Gasteiger partial charge is 0.296 e. The van der Waals surface area contributed by atoms with E-state index in [9.17, 15) is 8.42 Å². The van der Waals surface area contributed by atoms with Gasteiger partial charge in [0.15, 0.2) is 0 Å². The molecule has 19 heavy (non-hydrogen) atoms. The highest BCUT2D eigenvalue weighted by Gasteiger charge is 2.15. The van der Waals surface area contributed by atoms with Gasteiger partial charge in [0.1, 0.15) is 10.6 Å². The Hall–Kier alpha value is -2.25. The summed E-state index contributed by atoms with van der Waals surface area (Å²) in [5.41, 5.74) is 6.30. The average Bonchev–Trinajstić information content (AvgIpc) is 2.37. The van der Waals surface area contributed by atoms with Crippen molar-refractivity contribution in [2.75, 3.05) is 5.73 Å². The monoisotopic (exact) mass is 277 g/mol. The summed E-state index contributed by atoms with van der Waals surface area (Å²) in [6.07, 6.45) is 0. The van der Waals surface area contributed by atoms with E-state index in [0.717, 1.165) is 6.07 Å². The number of nitrogens with two attached hydrogens (primary N) is 1. The SMILES string of the molecule is Nc1ccc(N=Nc2ccccc2)c(S(=O)(=O)O)c1. The molecule has 0 spiro atoms. The van der Waals surface area contributed by atoms with E-state index < -0.39 is 10.1 Å². The lowest BCUT2D eigenvalue weighted by Crippen LogP contribution is -1.99. The lowest BCUT2D eigenvalue weighted by molar-refractivity contribution is 0.483. The van der Waals surface area contributed by atoms with Crippen LogP contribution in [-0.2, 0) is 10.1 Å². The van der Waals surface area contributed by atoms with Crippen molar-refractivity contribution in [3.05, 3.63) is 48.5 Å². The molecule has 0 unspecified atom stereocenters. The van der Waals surface area contributed by atoms with E-state index in [1.165, 1.54) is 12.1 Å². The number of nitrogens with zero attached hydrogens (tertiary/aromatic N) is 2. The van der Waals surface area contributed by atoms with Gasteiger partial charge >= 0.3 is 0 Å². The number of benzene rings is 2. The Morgan fingerprint density at radius 3 is 2.32 bits per heavy atom. The summed E-state index contributed by atoms with van der Waals surface area (Å²) >= 11 is 0. The molecular formula is C12H11N3O3S. The minimum absolute atomic E-state index is 0.0283. The minimum Gasteiger partial charge on any atom is -0.399 e. The molecule has 0 heterocycles. The van der Waals surface area contributed by atoms with Crippen molar-refractivity contribution in [3.8, 4) is 0 Å². The molecule has 0 atom stereocenters. The number of rotatable bonds is 3. The van der Waals surface area contributed by atoms with Crippen LogP contribution in [0.5, 0.6) is 0 Å². The average molecular weight is 277 g/mol. The summed E-state index contributed by atoms with van der Waals surface area (Å²) in [5, 5.41) is 7.70. The molecule has 2 aromatic carbocycles. The van der Waals surface area contributed by atoms with E-state index in [1.807, 2.05) is 6.07 Å². The van der Waals surface area contributed by atoms with Gasteiger partial charge in [-0.25, -0.2) is 0 Å². The Kier molecular flexibility index (Phi) is 3.59. The Balaban J connectivity index is 2.44. The fourth-order valence-corrected chi connectivity index (χ4v) is 2.08. The second-order valence-electron chi connectivity index (χ2n) is 3.74. The number of hydrogen-bond acceptors (Lipinski definition) is 5. The van der Waals surface area contributed by atoms with Crippen molar-refractivity contribution in [2.45, 2.75) is 4.90 Å². The summed E-state index contributed by atoms with van der Waals surface area (Å²) < 4.78 is 31.5. The zero-order valence-electron chi connectivity index (χ0n) is 9.76. The van der Waals surface area contributed by atoms with Crippen molar-refractivity contribution in [1.82, 2.24) is 0 Å². The maximum absolute atomic E-state index is 11.2. The number of hydrogen-bond donors (Lipinski definition) is 2. The molecular weight excluding hydrogens is 266 g/mol. The van der Waals surface area contributed by atoms with Crippen LogP contribution in [0.1, 0.15) is 0 Å². The Morgan fingerprint density at radius 1 is 1.00 bits per heavy atom. The van der Waals surface area contributed by atoms with Gasteiger partial charge < -0.3 is 5.73 Å². The Bertz CT molecular complexity index is 712. The summed E-state index contributed by atoms with van der Waals surface area (Å²) in [6, 6.07) is 12.8. The highest BCUT2D eigenvalue weighted by Crippen LogP contribution is 2.28. The van der Waals surface area contributed by atoms with Gasteiger partial charge in [-0.1, -0.05) is 18.2 Å². The van der Waals surface area contributed by atoms with E-state index in [2.05, 4.69) is 10.2 Å². The highest BCUT2D eigenvalue weighted by atomic mass is 32.2. The van der Waals surface area contributed by atoms with Crippen LogP contribution in [0.15, 0.2) is 63.7 Å². The zero-order chi connectivity index (χ0) is 13.9. The molecule has 7 heteroatoms. The third-order valence-corrected chi connectivity index (χ3v) is 3.17. The standard InChI is InChI=1S/C12H11N3O3S/c13-9-6-7-11(12(8-9)19(16,17)18)15-14-10-4-2-1-3-5-10/h1-8H,13H2,(H,16,17,18). The van der Waals surface area contributed by atoms with Crippen molar-refractivity contribution in [3.63, 3.8) is 0 Å². The largest absolute Gasteiger partial charge is 0.399 e. The Labute approximate surface area is 110 Å². The van der Waals surface area contributed by atoms with Crippen molar-refractivity contribution in [2.24, 2.45) is 10.2 Å². The van der Waals surface area contributed by atoms with Gasteiger partial charge in [0.2, 0.25) is 0 Å². The summed E-state index contributed by atoms with van der Waals surface area (Å²) in [7, 11) is -4.39. The molecule has 0 bridgehead atoms. The second-order valence-corrected chi connectivity index (χ2v) is 5.13. The van der Waals surface area contributed by atoms with Gasteiger partial charge in [0, 0.05) is 5.69 Å². The molecule has 0 aliphatic carbocycles. The van der Waals surface area contributed by atoms with Gasteiger partial charge in [0.05, 0.1) is 5.69 Å². The molecule has 2 aromatic rings. The summed E-state index contributed by atoms with van der Waals surface area (Å²) in [5.74, 6) is 0. The molecule has 0 aliphatic rings. The van der Waals surface area contributed by atoms with Gasteiger partial charge in [-0.15, -0.1) is 5.11 Å². The van der Waals surface area contributed by atoms with Crippen LogP contribution in [0, 0.1) is 0 Å². The predicted octanol–water partition coefficient (Wildman–Crippen LogP) is 2.93. The van der Waals surface area contributed by atoms with E-state index >= 15 is 0 Å². The van der Waals surface area contributed by atoms with Crippen molar-refractivity contribution in [1.29, 1.82) is 0 Å². The summed E-state index contributed by atoms with van der Waals surface area (Å²) in [6.45, 7) is 0. The van der Waals surface area contributed by atoms with E-state index in [4.69, 9.17) is 10.3 Å². The second kappa shape index (κ2) is 5.17. The van der Waals surface area contributed by atoms with Crippen LogP contribution in [-0.4, -0.2) is 13.0 Å². The lowest BCUT2D eigenvalue weighted by Gasteiger charge is -2.02. The van der Waals surface area contributed by atoms with Gasteiger partial charge in [-0.2, -0.15) is 13.5 Å².